The van der Waals surface area contributed by atoms with Gasteiger partial charge in [0.15, 0.2) is 0 Å². The first-order valence-electron chi connectivity index (χ1n) is 9.07. The fraction of sp³-hybridized carbons (Fsp3) is 0.318. The summed E-state index contributed by atoms with van der Waals surface area (Å²) in [6.45, 7) is 0.631. The molecule has 2 aromatic rings. The molecular formula is C22H22N2O3. The van der Waals surface area contributed by atoms with Crippen molar-refractivity contribution in [2.24, 2.45) is 0 Å². The number of carbonyl (C=O) groups excluding carboxylic acids is 1. The first-order chi connectivity index (χ1) is 13.2. The van der Waals surface area contributed by atoms with Crippen LogP contribution in [-0.4, -0.2) is 43.8 Å². The molecule has 1 fully saturated rings. The van der Waals surface area contributed by atoms with Crippen molar-refractivity contribution in [3.8, 4) is 17.6 Å². The van der Waals surface area contributed by atoms with Gasteiger partial charge in [-0.25, -0.2) is 4.79 Å². The number of benzene rings is 2. The summed E-state index contributed by atoms with van der Waals surface area (Å²) in [5.41, 5.74) is 3.33. The van der Waals surface area contributed by atoms with E-state index in [-0.39, 0.29) is 18.2 Å². The van der Waals surface area contributed by atoms with Gasteiger partial charge in [-0.05, 0) is 42.3 Å². The van der Waals surface area contributed by atoms with Crippen molar-refractivity contribution in [1.82, 2.24) is 4.90 Å². The van der Waals surface area contributed by atoms with E-state index in [9.17, 15) is 4.79 Å². The lowest BCUT2D eigenvalue weighted by molar-refractivity contribution is 0.0960. The molecule has 4 rings (SSSR count). The Balaban J connectivity index is 1.65. The Kier molecular flexibility index (Phi) is 4.64. The number of carbonyl (C=O) groups is 1. The average molecular weight is 362 g/mol. The quantitative estimate of drug-likeness (QED) is 0.790. The van der Waals surface area contributed by atoms with Crippen LogP contribution in [0.4, 0.5) is 10.5 Å². The second-order valence-corrected chi connectivity index (χ2v) is 6.76. The zero-order valence-electron chi connectivity index (χ0n) is 15.4. The fourth-order valence-corrected chi connectivity index (χ4v) is 3.99. The molecule has 5 heteroatoms. The van der Waals surface area contributed by atoms with Crippen LogP contribution < -0.4 is 10.1 Å². The maximum absolute atomic E-state index is 12.3. The third-order valence-electron chi connectivity index (χ3n) is 5.34. The van der Waals surface area contributed by atoms with E-state index in [1.165, 1.54) is 12.7 Å². The summed E-state index contributed by atoms with van der Waals surface area (Å²) in [7, 11) is 3.06. The first kappa shape index (κ1) is 17.3. The van der Waals surface area contributed by atoms with Gasteiger partial charge < -0.3 is 14.8 Å². The van der Waals surface area contributed by atoms with E-state index < -0.39 is 0 Å². The summed E-state index contributed by atoms with van der Waals surface area (Å²) in [5, 5.41) is 3.58. The van der Waals surface area contributed by atoms with Gasteiger partial charge in [-0.2, -0.15) is 0 Å². The molecule has 5 nitrogen and oxygen atoms in total. The van der Waals surface area contributed by atoms with E-state index in [0.717, 1.165) is 23.4 Å². The monoisotopic (exact) mass is 362 g/mol. The van der Waals surface area contributed by atoms with Crippen LogP contribution in [0, 0.1) is 11.8 Å². The van der Waals surface area contributed by atoms with Gasteiger partial charge in [0.25, 0.3) is 0 Å². The number of ether oxygens (including phenoxy) is 2. The van der Waals surface area contributed by atoms with Gasteiger partial charge in [-0.15, -0.1) is 0 Å². The number of nitrogens with one attached hydrogen (secondary N) is 1. The van der Waals surface area contributed by atoms with Gasteiger partial charge >= 0.3 is 6.09 Å². The van der Waals surface area contributed by atoms with Crippen LogP contribution in [0.15, 0.2) is 48.5 Å². The lowest BCUT2D eigenvalue weighted by Crippen LogP contribution is -2.54. The molecule has 2 aliphatic rings. The standard InChI is InChI=1S/C22H22N2O3/c1-26-16-10-7-15(8-11-16)9-12-20-21-18(13-14-24(20)22(25)27-2)17-5-3-4-6-19(17)23-21/h3-8,10-11,18,20-21,23H,13-14H2,1-2H3/t18?,20-,21?/m0/s1. The van der Waals surface area contributed by atoms with Crippen molar-refractivity contribution in [2.75, 3.05) is 26.1 Å². The number of amides is 1. The maximum atomic E-state index is 12.3. The normalized spacial score (nSPS) is 22.6. The molecule has 0 aliphatic carbocycles. The molecule has 0 bridgehead atoms. The molecule has 2 heterocycles. The van der Waals surface area contributed by atoms with E-state index in [1.54, 1.807) is 12.0 Å². The molecule has 1 saturated heterocycles. The van der Waals surface area contributed by atoms with Crippen LogP contribution in [0.5, 0.6) is 5.75 Å². The average Bonchev–Trinajstić information content (AvgIpc) is 3.10. The van der Waals surface area contributed by atoms with Crippen molar-refractivity contribution < 1.29 is 14.3 Å². The fourth-order valence-electron chi connectivity index (χ4n) is 3.99. The molecule has 1 N–H and O–H groups in total. The molecule has 27 heavy (non-hydrogen) atoms. The lowest BCUT2D eigenvalue weighted by Gasteiger charge is -2.39. The maximum Gasteiger partial charge on any atom is 0.410 e. The minimum absolute atomic E-state index is 0.0565. The van der Waals surface area contributed by atoms with Crippen molar-refractivity contribution in [2.45, 2.75) is 24.4 Å². The van der Waals surface area contributed by atoms with Crippen LogP contribution in [0.25, 0.3) is 0 Å². The Labute approximate surface area is 159 Å². The topological polar surface area (TPSA) is 50.8 Å². The van der Waals surface area contributed by atoms with Crippen molar-refractivity contribution in [3.63, 3.8) is 0 Å². The number of likely N-dealkylation sites (tertiary alicyclic amines) is 1. The van der Waals surface area contributed by atoms with Crippen LogP contribution in [0.1, 0.15) is 23.5 Å². The molecule has 0 aromatic heterocycles. The number of fused-ring (bicyclic) bond motifs is 3. The third-order valence-corrected chi connectivity index (χ3v) is 5.34. The number of nitrogens with zero attached hydrogens (tertiary/aromatic N) is 1. The summed E-state index contributed by atoms with van der Waals surface area (Å²) in [5.74, 6) is 7.68. The first-order valence-corrected chi connectivity index (χ1v) is 9.07. The Bertz CT molecular complexity index is 898. The van der Waals surface area contributed by atoms with Gasteiger partial charge in [-0.3, -0.25) is 4.90 Å². The molecule has 138 valence electrons. The molecule has 0 radical (unpaired) electrons. The molecule has 2 aliphatic heterocycles. The zero-order valence-corrected chi connectivity index (χ0v) is 15.4. The van der Waals surface area contributed by atoms with Crippen molar-refractivity contribution >= 4 is 11.8 Å². The number of hydrogen-bond donors (Lipinski definition) is 1. The highest BCUT2D eigenvalue weighted by Gasteiger charge is 2.44. The molecule has 0 spiro atoms. The molecule has 2 aromatic carbocycles. The molecule has 1 amide bonds. The summed E-state index contributed by atoms with van der Waals surface area (Å²) < 4.78 is 10.2. The third kappa shape index (κ3) is 3.19. The van der Waals surface area contributed by atoms with Crippen molar-refractivity contribution in [3.05, 3.63) is 59.7 Å². The van der Waals surface area contributed by atoms with E-state index in [1.807, 2.05) is 30.3 Å². The predicted molar refractivity (Wildman–Crippen MR) is 104 cm³/mol. The Hall–Kier alpha value is -3.13. The highest BCUT2D eigenvalue weighted by Crippen LogP contribution is 2.42. The van der Waals surface area contributed by atoms with Gasteiger partial charge in [0, 0.05) is 23.7 Å². The number of para-hydroxylation sites is 1. The zero-order chi connectivity index (χ0) is 18.8. The lowest BCUT2D eigenvalue weighted by atomic mass is 9.84. The van der Waals surface area contributed by atoms with E-state index in [4.69, 9.17) is 9.47 Å². The number of piperidine rings is 1. The highest BCUT2D eigenvalue weighted by molar-refractivity contribution is 5.70. The van der Waals surface area contributed by atoms with Gasteiger partial charge in [0.2, 0.25) is 0 Å². The minimum Gasteiger partial charge on any atom is -0.497 e. The van der Waals surface area contributed by atoms with E-state index >= 15 is 0 Å². The Morgan fingerprint density at radius 3 is 2.67 bits per heavy atom. The summed E-state index contributed by atoms with van der Waals surface area (Å²) in [6.07, 6.45) is 0.560. The summed E-state index contributed by atoms with van der Waals surface area (Å²) >= 11 is 0. The molecule has 2 unspecified atom stereocenters. The van der Waals surface area contributed by atoms with Crippen molar-refractivity contribution in [1.29, 1.82) is 0 Å². The van der Waals surface area contributed by atoms with Gasteiger partial charge in [0.1, 0.15) is 11.8 Å². The number of methoxy groups -OCH3 is 2. The van der Waals surface area contributed by atoms with Crippen LogP contribution in [0.3, 0.4) is 0 Å². The molecule has 3 atom stereocenters. The second-order valence-electron chi connectivity index (χ2n) is 6.76. The van der Waals surface area contributed by atoms with E-state index in [2.05, 4.69) is 35.4 Å². The van der Waals surface area contributed by atoms with Crippen LogP contribution >= 0.6 is 0 Å². The second kappa shape index (κ2) is 7.24. The van der Waals surface area contributed by atoms with Gasteiger partial charge in [-0.1, -0.05) is 30.0 Å². The summed E-state index contributed by atoms with van der Waals surface area (Å²) in [6, 6.07) is 15.7. The minimum atomic E-state index is -0.333. The number of anilines is 1. The smallest absolute Gasteiger partial charge is 0.410 e. The largest absolute Gasteiger partial charge is 0.497 e. The Morgan fingerprint density at radius 2 is 1.93 bits per heavy atom. The van der Waals surface area contributed by atoms with Crippen LogP contribution in [0.2, 0.25) is 0 Å². The highest BCUT2D eigenvalue weighted by atomic mass is 16.5. The number of rotatable bonds is 1. The summed E-state index contributed by atoms with van der Waals surface area (Å²) in [4.78, 5) is 14.1. The van der Waals surface area contributed by atoms with Crippen LogP contribution in [-0.2, 0) is 4.74 Å². The molecule has 0 saturated carbocycles. The Morgan fingerprint density at radius 1 is 1.15 bits per heavy atom. The SMILES string of the molecule is COC(=O)N1CCC2c3ccccc3NC2[C@@H]1C#Cc1ccc(OC)cc1. The molecular weight excluding hydrogens is 340 g/mol. The van der Waals surface area contributed by atoms with Gasteiger partial charge in [0.05, 0.1) is 20.3 Å². The van der Waals surface area contributed by atoms with E-state index in [0.29, 0.717) is 12.5 Å². The predicted octanol–water partition coefficient (Wildman–Crippen LogP) is 3.47. The number of hydrogen-bond acceptors (Lipinski definition) is 4.